The van der Waals surface area contributed by atoms with Gasteiger partial charge in [-0.1, -0.05) is 25.5 Å². The maximum Gasteiger partial charge on any atom is 0.340 e. The van der Waals surface area contributed by atoms with Crippen molar-refractivity contribution < 1.29 is 18.7 Å². The summed E-state index contributed by atoms with van der Waals surface area (Å²) in [4.78, 5) is 11.7. The molecular weight excluding hydrogens is 355 g/mol. The van der Waals surface area contributed by atoms with Gasteiger partial charge in [-0.15, -0.1) is 0 Å². The zero-order valence-electron chi connectivity index (χ0n) is 17.1. The van der Waals surface area contributed by atoms with Crippen molar-refractivity contribution in [3.05, 3.63) is 36.2 Å². The molecule has 0 bridgehead atoms. The molecule has 0 spiro atoms. The molecule has 0 aromatic heterocycles. The summed E-state index contributed by atoms with van der Waals surface area (Å²) in [5.74, 6) is 1.41. The van der Waals surface area contributed by atoms with Crippen molar-refractivity contribution in [1.29, 1.82) is 0 Å². The maximum absolute atomic E-state index is 13.6. The van der Waals surface area contributed by atoms with Gasteiger partial charge in [0.2, 0.25) is 0 Å². The van der Waals surface area contributed by atoms with E-state index in [0.717, 1.165) is 31.4 Å². The summed E-state index contributed by atoms with van der Waals surface area (Å²) in [6.07, 6.45) is 10.2. The Bertz CT molecular complexity index is 586. The first kappa shape index (κ1) is 21.1. The van der Waals surface area contributed by atoms with Crippen molar-refractivity contribution in [2.75, 3.05) is 6.61 Å². The van der Waals surface area contributed by atoms with Crippen LogP contribution in [-0.2, 0) is 9.53 Å². The highest BCUT2D eigenvalue weighted by Crippen LogP contribution is 2.33. The van der Waals surface area contributed by atoms with E-state index in [4.69, 9.17) is 9.47 Å². The highest BCUT2D eigenvalue weighted by atomic mass is 19.1. The number of esters is 1. The average Bonchev–Trinajstić information content (AvgIpc) is 2.74. The first-order chi connectivity index (χ1) is 13.7. The number of carbonyl (C=O) groups is 1. The lowest BCUT2D eigenvalue weighted by molar-refractivity contribution is -0.157. The Morgan fingerprint density at radius 2 is 1.75 bits per heavy atom. The predicted molar refractivity (Wildman–Crippen MR) is 109 cm³/mol. The van der Waals surface area contributed by atoms with E-state index in [0.29, 0.717) is 24.9 Å². The number of halogens is 1. The van der Waals surface area contributed by atoms with E-state index >= 15 is 0 Å². The lowest BCUT2D eigenvalue weighted by atomic mass is 9.84. The molecule has 0 heterocycles. The highest BCUT2D eigenvalue weighted by molar-refractivity contribution is 5.74. The molecule has 4 heteroatoms. The molecule has 3 rings (SSSR count). The molecule has 155 valence electrons. The second-order valence-corrected chi connectivity index (χ2v) is 8.36. The molecule has 0 amide bonds. The summed E-state index contributed by atoms with van der Waals surface area (Å²) in [7, 11) is 0. The SMILES string of the molecule is CCC[C@@H](F)C(=O)O[C@H]1CC[C@H](COc2ccc(C3CC[CH]CC3)cc2)CC1. The third kappa shape index (κ3) is 6.22. The number of hydrogen-bond donors (Lipinski definition) is 0. The molecule has 2 aliphatic carbocycles. The Kier molecular flexibility index (Phi) is 8.17. The van der Waals surface area contributed by atoms with Crippen LogP contribution in [0.15, 0.2) is 24.3 Å². The van der Waals surface area contributed by atoms with E-state index in [1.807, 2.05) is 6.92 Å². The van der Waals surface area contributed by atoms with Crippen molar-refractivity contribution in [3.8, 4) is 5.75 Å². The second kappa shape index (κ2) is 10.8. The molecule has 0 unspecified atom stereocenters. The van der Waals surface area contributed by atoms with Crippen LogP contribution < -0.4 is 4.74 Å². The van der Waals surface area contributed by atoms with Gasteiger partial charge in [0.05, 0.1) is 6.61 Å². The van der Waals surface area contributed by atoms with Gasteiger partial charge in [0.1, 0.15) is 11.9 Å². The Hall–Kier alpha value is -1.58. The van der Waals surface area contributed by atoms with Crippen LogP contribution in [0.4, 0.5) is 4.39 Å². The minimum atomic E-state index is -1.47. The summed E-state index contributed by atoms with van der Waals surface area (Å²) in [5, 5.41) is 0. The Morgan fingerprint density at radius 1 is 1.07 bits per heavy atom. The summed E-state index contributed by atoms with van der Waals surface area (Å²) in [6.45, 7) is 2.56. The molecule has 0 N–H and O–H groups in total. The van der Waals surface area contributed by atoms with Gasteiger partial charge in [-0.2, -0.15) is 0 Å². The second-order valence-electron chi connectivity index (χ2n) is 8.36. The molecule has 3 nitrogen and oxygen atoms in total. The lowest BCUT2D eigenvalue weighted by Gasteiger charge is -2.28. The van der Waals surface area contributed by atoms with Crippen LogP contribution in [0.1, 0.15) is 82.6 Å². The summed E-state index contributed by atoms with van der Waals surface area (Å²) in [5.41, 5.74) is 1.43. The fraction of sp³-hybridized carbons (Fsp3) is 0.667. The fourth-order valence-corrected chi connectivity index (χ4v) is 4.34. The van der Waals surface area contributed by atoms with Crippen LogP contribution in [-0.4, -0.2) is 24.9 Å². The largest absolute Gasteiger partial charge is 0.493 e. The molecule has 1 aromatic rings. The third-order valence-electron chi connectivity index (χ3n) is 6.15. The van der Waals surface area contributed by atoms with Crippen LogP contribution in [0.2, 0.25) is 0 Å². The highest BCUT2D eigenvalue weighted by Gasteiger charge is 2.27. The molecular formula is C24H34FO3. The van der Waals surface area contributed by atoms with Crippen molar-refractivity contribution in [3.63, 3.8) is 0 Å². The van der Waals surface area contributed by atoms with E-state index in [-0.39, 0.29) is 12.5 Å². The molecule has 2 saturated carbocycles. The number of alkyl halides is 1. The number of hydrogen-bond acceptors (Lipinski definition) is 3. The molecule has 1 radical (unpaired) electrons. The summed E-state index contributed by atoms with van der Waals surface area (Å²) in [6, 6.07) is 8.61. The number of carbonyl (C=O) groups excluding carboxylic acids is 1. The first-order valence-corrected chi connectivity index (χ1v) is 11.0. The van der Waals surface area contributed by atoms with Crippen LogP contribution in [0.3, 0.4) is 0 Å². The standard InChI is InChI=1S/C24H34FO3/c1-2-6-23(25)24(26)28-22-13-9-18(10-14-22)17-27-21-15-11-20(12-16-21)19-7-4-3-5-8-19/h3,11-12,15-16,18-19,22-23H,2,4-10,13-14,17H2,1H3/t18-,22-,23-/m1/s1. The van der Waals surface area contributed by atoms with Gasteiger partial charge in [-0.25, -0.2) is 9.18 Å². The topological polar surface area (TPSA) is 35.5 Å². The van der Waals surface area contributed by atoms with E-state index in [2.05, 4.69) is 30.7 Å². The molecule has 1 aromatic carbocycles. The van der Waals surface area contributed by atoms with Crippen molar-refractivity contribution in [2.24, 2.45) is 5.92 Å². The molecule has 2 fully saturated rings. The van der Waals surface area contributed by atoms with Gasteiger partial charge < -0.3 is 9.47 Å². The Morgan fingerprint density at radius 3 is 2.39 bits per heavy atom. The van der Waals surface area contributed by atoms with Gasteiger partial charge >= 0.3 is 5.97 Å². The van der Waals surface area contributed by atoms with Gasteiger partial charge in [0.15, 0.2) is 6.17 Å². The van der Waals surface area contributed by atoms with Crippen molar-refractivity contribution >= 4 is 5.97 Å². The van der Waals surface area contributed by atoms with E-state index in [1.165, 1.54) is 31.2 Å². The fourth-order valence-electron chi connectivity index (χ4n) is 4.34. The Labute approximate surface area is 169 Å². The smallest absolute Gasteiger partial charge is 0.340 e. The van der Waals surface area contributed by atoms with Gasteiger partial charge in [0.25, 0.3) is 0 Å². The summed E-state index contributed by atoms with van der Waals surface area (Å²) >= 11 is 0. The van der Waals surface area contributed by atoms with Crippen LogP contribution in [0.25, 0.3) is 0 Å². The van der Waals surface area contributed by atoms with Gasteiger partial charge in [-0.3, -0.25) is 0 Å². The van der Waals surface area contributed by atoms with Crippen LogP contribution in [0, 0.1) is 12.3 Å². The first-order valence-electron chi connectivity index (χ1n) is 11.0. The molecule has 1 atom stereocenters. The van der Waals surface area contributed by atoms with Crippen LogP contribution >= 0.6 is 0 Å². The third-order valence-corrected chi connectivity index (χ3v) is 6.15. The van der Waals surface area contributed by atoms with E-state index in [1.54, 1.807) is 0 Å². The van der Waals surface area contributed by atoms with E-state index < -0.39 is 12.1 Å². The Balaban J connectivity index is 1.36. The zero-order chi connectivity index (χ0) is 19.8. The molecule has 28 heavy (non-hydrogen) atoms. The van der Waals surface area contributed by atoms with Crippen molar-refractivity contribution in [2.45, 2.75) is 89.3 Å². The monoisotopic (exact) mass is 389 g/mol. The molecule has 2 aliphatic rings. The van der Waals surface area contributed by atoms with E-state index in [9.17, 15) is 9.18 Å². The summed E-state index contributed by atoms with van der Waals surface area (Å²) < 4.78 is 24.9. The number of benzene rings is 1. The number of rotatable bonds is 8. The lowest BCUT2D eigenvalue weighted by Crippen LogP contribution is -2.30. The molecule has 0 aliphatic heterocycles. The molecule has 0 saturated heterocycles. The predicted octanol–water partition coefficient (Wildman–Crippen LogP) is 6.17. The maximum atomic E-state index is 13.6. The van der Waals surface area contributed by atoms with Crippen LogP contribution in [0.5, 0.6) is 5.75 Å². The zero-order valence-corrected chi connectivity index (χ0v) is 17.1. The quantitative estimate of drug-likeness (QED) is 0.499. The average molecular weight is 390 g/mol. The number of ether oxygens (including phenoxy) is 2. The normalized spacial score (nSPS) is 24.5. The van der Waals surface area contributed by atoms with Crippen molar-refractivity contribution in [1.82, 2.24) is 0 Å². The minimum Gasteiger partial charge on any atom is -0.493 e. The minimum absolute atomic E-state index is 0.133. The van der Waals surface area contributed by atoms with Gasteiger partial charge in [0, 0.05) is 0 Å². The van der Waals surface area contributed by atoms with Gasteiger partial charge in [-0.05, 0) is 93.7 Å².